The lowest BCUT2D eigenvalue weighted by Crippen LogP contribution is -1.97. The van der Waals surface area contributed by atoms with Crippen LogP contribution in [0.1, 0.15) is 73.1 Å². The fourth-order valence-electron chi connectivity index (χ4n) is 2.03. The maximum absolute atomic E-state index is 11.2. The van der Waals surface area contributed by atoms with Crippen LogP contribution in [0.15, 0.2) is 23.8 Å². The van der Waals surface area contributed by atoms with E-state index >= 15 is 0 Å². The molecule has 0 amide bonds. The quantitative estimate of drug-likeness (QED) is 0.365. The average Bonchev–Trinajstić information content (AvgIpc) is 2.38. The Morgan fingerprint density at radius 2 is 1.74 bits per heavy atom. The van der Waals surface area contributed by atoms with Gasteiger partial charge in [0, 0.05) is 6.42 Å². The van der Waals surface area contributed by atoms with Crippen molar-refractivity contribution in [2.24, 2.45) is 11.8 Å². The molecule has 2 unspecified atom stereocenters. The lowest BCUT2D eigenvalue weighted by atomic mass is 9.95. The molecular formula is C18H32O. The number of carbonyl (C=O) groups is 1. The Morgan fingerprint density at radius 3 is 2.32 bits per heavy atom. The van der Waals surface area contributed by atoms with Crippen LogP contribution in [-0.4, -0.2) is 5.78 Å². The van der Waals surface area contributed by atoms with Gasteiger partial charge in [-0.3, -0.25) is 4.79 Å². The Labute approximate surface area is 120 Å². The molecule has 0 aromatic heterocycles. The number of ketones is 1. The number of carbonyl (C=O) groups excluding carboxylic acids is 1. The Balaban J connectivity index is 3.86. The van der Waals surface area contributed by atoms with Crippen molar-refractivity contribution in [2.45, 2.75) is 73.1 Å². The van der Waals surface area contributed by atoms with Crippen LogP contribution in [0, 0.1) is 11.8 Å². The van der Waals surface area contributed by atoms with E-state index in [1.165, 1.54) is 25.7 Å². The van der Waals surface area contributed by atoms with Gasteiger partial charge in [-0.05, 0) is 36.8 Å². The van der Waals surface area contributed by atoms with Crippen molar-refractivity contribution in [3.63, 3.8) is 0 Å². The summed E-state index contributed by atoms with van der Waals surface area (Å²) in [6.07, 6.45) is 13.0. The van der Waals surface area contributed by atoms with Gasteiger partial charge in [0.25, 0.3) is 0 Å². The molecule has 0 fully saturated rings. The number of hydrogen-bond donors (Lipinski definition) is 0. The summed E-state index contributed by atoms with van der Waals surface area (Å²) < 4.78 is 0. The van der Waals surface area contributed by atoms with Gasteiger partial charge in [-0.2, -0.15) is 0 Å². The predicted octanol–water partition coefficient (Wildman–Crippen LogP) is 5.71. The highest BCUT2D eigenvalue weighted by Gasteiger charge is 2.02. The maximum Gasteiger partial charge on any atom is 0.155 e. The number of rotatable bonds is 10. The van der Waals surface area contributed by atoms with Crippen molar-refractivity contribution >= 4 is 5.78 Å². The van der Waals surface area contributed by atoms with Crippen LogP contribution >= 0.6 is 0 Å². The Bertz CT molecular complexity index is 299. The van der Waals surface area contributed by atoms with Gasteiger partial charge in [0.05, 0.1) is 0 Å². The first-order valence-corrected chi connectivity index (χ1v) is 7.87. The van der Waals surface area contributed by atoms with Gasteiger partial charge >= 0.3 is 0 Å². The van der Waals surface area contributed by atoms with Crippen molar-refractivity contribution in [1.82, 2.24) is 0 Å². The zero-order valence-electron chi connectivity index (χ0n) is 13.5. The molecule has 0 aliphatic rings. The minimum Gasteiger partial charge on any atom is -0.295 e. The SMILES string of the molecule is CCC(=O)C=C(C)C=CCC(C)CCCC(C)CC. The predicted molar refractivity (Wildman–Crippen MR) is 85.3 cm³/mol. The molecular weight excluding hydrogens is 232 g/mol. The van der Waals surface area contributed by atoms with Gasteiger partial charge in [-0.1, -0.05) is 65.5 Å². The van der Waals surface area contributed by atoms with E-state index in [2.05, 4.69) is 32.9 Å². The molecule has 0 spiro atoms. The van der Waals surface area contributed by atoms with E-state index in [4.69, 9.17) is 0 Å². The average molecular weight is 264 g/mol. The van der Waals surface area contributed by atoms with Gasteiger partial charge in [-0.15, -0.1) is 0 Å². The van der Waals surface area contributed by atoms with Crippen LogP contribution in [0.5, 0.6) is 0 Å². The van der Waals surface area contributed by atoms with E-state index in [-0.39, 0.29) is 5.78 Å². The third kappa shape index (κ3) is 10.7. The third-order valence-corrected chi connectivity index (χ3v) is 3.75. The molecule has 0 radical (unpaired) electrons. The van der Waals surface area contributed by atoms with Crippen LogP contribution in [0.3, 0.4) is 0 Å². The molecule has 0 rings (SSSR count). The number of allylic oxidation sites excluding steroid dienone is 4. The normalized spacial score (nSPS) is 15.7. The van der Waals surface area contributed by atoms with E-state index < -0.39 is 0 Å². The highest BCUT2D eigenvalue weighted by molar-refractivity contribution is 5.90. The highest BCUT2D eigenvalue weighted by atomic mass is 16.1. The molecule has 0 saturated carbocycles. The van der Waals surface area contributed by atoms with Crippen molar-refractivity contribution < 1.29 is 4.79 Å². The van der Waals surface area contributed by atoms with Gasteiger partial charge < -0.3 is 0 Å². The number of hydrogen-bond acceptors (Lipinski definition) is 1. The molecule has 2 atom stereocenters. The van der Waals surface area contributed by atoms with Crippen LogP contribution in [0.2, 0.25) is 0 Å². The van der Waals surface area contributed by atoms with Crippen LogP contribution in [0.4, 0.5) is 0 Å². The summed E-state index contributed by atoms with van der Waals surface area (Å²) in [5, 5.41) is 0. The summed E-state index contributed by atoms with van der Waals surface area (Å²) in [4.78, 5) is 11.2. The van der Waals surface area contributed by atoms with Gasteiger partial charge in [0.15, 0.2) is 5.78 Å². The highest BCUT2D eigenvalue weighted by Crippen LogP contribution is 2.17. The topological polar surface area (TPSA) is 17.1 Å². The van der Waals surface area contributed by atoms with Crippen molar-refractivity contribution in [3.8, 4) is 0 Å². The smallest absolute Gasteiger partial charge is 0.155 e. The first-order chi connectivity index (χ1) is 8.99. The molecule has 0 aliphatic carbocycles. The van der Waals surface area contributed by atoms with E-state index in [1.54, 1.807) is 6.08 Å². The minimum atomic E-state index is 0.212. The van der Waals surface area contributed by atoms with Crippen LogP contribution < -0.4 is 0 Å². The van der Waals surface area contributed by atoms with Crippen molar-refractivity contribution in [3.05, 3.63) is 23.8 Å². The second kappa shape index (κ2) is 11.0. The lowest BCUT2D eigenvalue weighted by Gasteiger charge is -2.11. The van der Waals surface area contributed by atoms with Gasteiger partial charge in [0.1, 0.15) is 0 Å². The first kappa shape index (κ1) is 18.1. The summed E-state index contributed by atoms with van der Waals surface area (Å²) in [6, 6.07) is 0. The van der Waals surface area contributed by atoms with Crippen molar-refractivity contribution in [2.75, 3.05) is 0 Å². The van der Waals surface area contributed by atoms with Crippen molar-refractivity contribution in [1.29, 1.82) is 0 Å². The summed E-state index contributed by atoms with van der Waals surface area (Å²) >= 11 is 0. The fourth-order valence-corrected chi connectivity index (χ4v) is 2.03. The molecule has 0 N–H and O–H groups in total. The van der Waals surface area contributed by atoms with E-state index in [0.29, 0.717) is 6.42 Å². The Kier molecular flexibility index (Phi) is 10.5. The minimum absolute atomic E-state index is 0.212. The summed E-state index contributed by atoms with van der Waals surface area (Å²) in [5.41, 5.74) is 1.07. The zero-order chi connectivity index (χ0) is 14.7. The molecule has 110 valence electrons. The summed E-state index contributed by atoms with van der Waals surface area (Å²) in [7, 11) is 0. The van der Waals surface area contributed by atoms with Gasteiger partial charge in [-0.25, -0.2) is 0 Å². The third-order valence-electron chi connectivity index (χ3n) is 3.75. The molecule has 0 heterocycles. The molecule has 0 aromatic carbocycles. The molecule has 0 aromatic rings. The second-order valence-corrected chi connectivity index (χ2v) is 5.90. The van der Waals surface area contributed by atoms with E-state index in [0.717, 1.165) is 23.8 Å². The fraction of sp³-hybridized carbons (Fsp3) is 0.722. The molecule has 0 saturated heterocycles. The maximum atomic E-state index is 11.2. The molecule has 19 heavy (non-hydrogen) atoms. The Hall–Kier alpha value is -0.850. The molecule has 0 aliphatic heterocycles. The summed E-state index contributed by atoms with van der Waals surface area (Å²) in [6.45, 7) is 10.8. The Morgan fingerprint density at radius 1 is 1.11 bits per heavy atom. The van der Waals surface area contributed by atoms with Crippen LogP contribution in [-0.2, 0) is 4.79 Å². The lowest BCUT2D eigenvalue weighted by molar-refractivity contribution is -0.114. The molecule has 0 bridgehead atoms. The van der Waals surface area contributed by atoms with Crippen LogP contribution in [0.25, 0.3) is 0 Å². The summed E-state index contributed by atoms with van der Waals surface area (Å²) in [5.74, 6) is 1.83. The molecule has 1 heteroatoms. The van der Waals surface area contributed by atoms with E-state index in [9.17, 15) is 4.79 Å². The standard InChI is InChI=1S/C18H32O/c1-6-15(3)10-8-11-16(4)12-9-13-17(5)14-18(19)7-2/h9,13-16H,6-8,10-12H2,1-5H3. The van der Waals surface area contributed by atoms with Gasteiger partial charge in [0.2, 0.25) is 0 Å². The largest absolute Gasteiger partial charge is 0.295 e. The van der Waals surface area contributed by atoms with E-state index in [1.807, 2.05) is 13.8 Å². The zero-order valence-corrected chi connectivity index (χ0v) is 13.5. The monoisotopic (exact) mass is 264 g/mol. The first-order valence-electron chi connectivity index (χ1n) is 7.87. The molecule has 1 nitrogen and oxygen atoms in total. The second-order valence-electron chi connectivity index (χ2n) is 5.90.